The second kappa shape index (κ2) is 7.69. The number of pyridine rings is 1. The number of anilines is 1. The van der Waals surface area contributed by atoms with Crippen LogP contribution in [0.1, 0.15) is 44.2 Å². The first-order chi connectivity index (χ1) is 11.8. The van der Waals surface area contributed by atoms with Crippen molar-refractivity contribution in [3.63, 3.8) is 0 Å². The number of amides is 1. The summed E-state index contributed by atoms with van der Waals surface area (Å²) in [5, 5.41) is 2.92. The van der Waals surface area contributed by atoms with Gasteiger partial charge in [0, 0.05) is 24.2 Å². The number of aromatic nitrogens is 3. The highest BCUT2D eigenvalue weighted by atomic mass is 16.1. The molecule has 0 aromatic carbocycles. The van der Waals surface area contributed by atoms with E-state index in [1.165, 1.54) is 12.7 Å². The minimum absolute atomic E-state index is 0.0121. The van der Waals surface area contributed by atoms with Gasteiger partial charge in [0.05, 0.1) is 11.9 Å². The summed E-state index contributed by atoms with van der Waals surface area (Å²) in [4.78, 5) is 24.5. The van der Waals surface area contributed by atoms with Gasteiger partial charge in [-0.2, -0.15) is 0 Å². The van der Waals surface area contributed by atoms with Gasteiger partial charge in [0.2, 0.25) is 5.91 Å². The first-order valence-corrected chi connectivity index (χ1v) is 8.25. The standard InChI is InChI=1S/C19H20N4O/c24-18(23-17-5-4-11-20-14-17)13-19(8-2-1-3-9-19)10-6-16-7-12-21-15-22-16/h4-5,7,11-12,14-15H,1-3,8-9,13H2,(H,23,24). The van der Waals surface area contributed by atoms with E-state index in [1.807, 2.05) is 6.07 Å². The zero-order valence-electron chi connectivity index (χ0n) is 13.5. The van der Waals surface area contributed by atoms with Crippen molar-refractivity contribution in [2.24, 2.45) is 5.41 Å². The Kier molecular flexibility index (Phi) is 5.17. The van der Waals surface area contributed by atoms with Crippen LogP contribution in [0.5, 0.6) is 0 Å². The molecular weight excluding hydrogens is 300 g/mol. The van der Waals surface area contributed by atoms with Gasteiger partial charge in [-0.3, -0.25) is 9.78 Å². The van der Waals surface area contributed by atoms with Crippen LogP contribution in [-0.4, -0.2) is 20.9 Å². The number of carbonyl (C=O) groups is 1. The molecule has 2 aromatic heterocycles. The monoisotopic (exact) mass is 320 g/mol. The van der Waals surface area contributed by atoms with E-state index in [2.05, 4.69) is 32.1 Å². The minimum Gasteiger partial charge on any atom is -0.325 e. The van der Waals surface area contributed by atoms with Crippen molar-refractivity contribution in [2.75, 3.05) is 5.32 Å². The molecule has 5 nitrogen and oxygen atoms in total. The maximum absolute atomic E-state index is 12.5. The highest BCUT2D eigenvalue weighted by molar-refractivity contribution is 5.91. The van der Waals surface area contributed by atoms with Gasteiger partial charge < -0.3 is 5.32 Å². The maximum Gasteiger partial charge on any atom is 0.225 e. The molecule has 5 heteroatoms. The molecule has 2 heterocycles. The molecule has 0 aliphatic heterocycles. The molecule has 122 valence electrons. The lowest BCUT2D eigenvalue weighted by molar-refractivity contribution is -0.118. The number of hydrogen-bond acceptors (Lipinski definition) is 4. The van der Waals surface area contributed by atoms with Crippen LogP contribution in [0, 0.1) is 17.3 Å². The smallest absolute Gasteiger partial charge is 0.225 e. The summed E-state index contributed by atoms with van der Waals surface area (Å²) < 4.78 is 0. The topological polar surface area (TPSA) is 67.8 Å². The predicted octanol–water partition coefficient (Wildman–Crippen LogP) is 3.20. The van der Waals surface area contributed by atoms with Crippen LogP contribution in [0.2, 0.25) is 0 Å². The van der Waals surface area contributed by atoms with Crippen molar-refractivity contribution in [3.05, 3.63) is 48.8 Å². The molecule has 1 saturated carbocycles. The summed E-state index contributed by atoms with van der Waals surface area (Å²) in [5.74, 6) is 6.47. The summed E-state index contributed by atoms with van der Waals surface area (Å²) in [6.45, 7) is 0. The average molecular weight is 320 g/mol. The van der Waals surface area contributed by atoms with E-state index in [-0.39, 0.29) is 11.3 Å². The average Bonchev–Trinajstić information content (AvgIpc) is 2.62. The van der Waals surface area contributed by atoms with Crippen molar-refractivity contribution < 1.29 is 4.79 Å². The quantitative estimate of drug-likeness (QED) is 0.882. The lowest BCUT2D eigenvalue weighted by Gasteiger charge is -2.31. The van der Waals surface area contributed by atoms with Crippen molar-refractivity contribution >= 4 is 11.6 Å². The largest absolute Gasteiger partial charge is 0.325 e. The molecule has 1 aliphatic rings. The van der Waals surface area contributed by atoms with E-state index in [0.29, 0.717) is 12.1 Å². The molecule has 0 bridgehead atoms. The molecule has 1 N–H and O–H groups in total. The summed E-state index contributed by atoms with van der Waals surface area (Å²) in [7, 11) is 0. The molecule has 0 radical (unpaired) electrons. The molecule has 3 rings (SSSR count). The lowest BCUT2D eigenvalue weighted by atomic mass is 9.72. The summed E-state index contributed by atoms with van der Waals surface area (Å²) >= 11 is 0. The van der Waals surface area contributed by atoms with Gasteiger partial charge in [-0.05, 0) is 37.0 Å². The SMILES string of the molecule is O=C(CC1(C#Cc2ccncn2)CCCCC1)Nc1cccnc1. The van der Waals surface area contributed by atoms with Gasteiger partial charge in [-0.15, -0.1) is 0 Å². The van der Waals surface area contributed by atoms with Crippen molar-refractivity contribution in [2.45, 2.75) is 38.5 Å². The Morgan fingerprint density at radius 3 is 2.75 bits per heavy atom. The number of nitrogens with one attached hydrogen (secondary N) is 1. The van der Waals surface area contributed by atoms with Crippen molar-refractivity contribution in [1.29, 1.82) is 0 Å². The molecule has 24 heavy (non-hydrogen) atoms. The highest BCUT2D eigenvalue weighted by Gasteiger charge is 2.32. The third kappa shape index (κ3) is 4.39. The molecule has 0 unspecified atom stereocenters. The van der Waals surface area contributed by atoms with Gasteiger partial charge in [0.15, 0.2) is 0 Å². The fourth-order valence-corrected chi connectivity index (χ4v) is 3.08. The zero-order valence-corrected chi connectivity index (χ0v) is 13.5. The molecule has 1 aliphatic carbocycles. The Morgan fingerprint density at radius 2 is 2.04 bits per heavy atom. The summed E-state index contributed by atoms with van der Waals surface area (Å²) in [6.07, 6.45) is 12.2. The van der Waals surface area contributed by atoms with Gasteiger partial charge >= 0.3 is 0 Å². The molecule has 2 aromatic rings. The van der Waals surface area contributed by atoms with Crippen LogP contribution in [0.25, 0.3) is 0 Å². The molecule has 1 fully saturated rings. The fraction of sp³-hybridized carbons (Fsp3) is 0.368. The Hall–Kier alpha value is -2.74. The van der Waals surface area contributed by atoms with Gasteiger partial charge in [-0.1, -0.05) is 25.2 Å². The van der Waals surface area contributed by atoms with Crippen LogP contribution >= 0.6 is 0 Å². The van der Waals surface area contributed by atoms with E-state index < -0.39 is 0 Å². The predicted molar refractivity (Wildman–Crippen MR) is 91.9 cm³/mol. The number of hydrogen-bond donors (Lipinski definition) is 1. The van der Waals surface area contributed by atoms with E-state index in [4.69, 9.17) is 0 Å². The first kappa shape index (κ1) is 16.1. The Labute approximate surface area is 142 Å². The van der Waals surface area contributed by atoms with Crippen LogP contribution in [0.4, 0.5) is 5.69 Å². The van der Waals surface area contributed by atoms with Gasteiger partial charge in [-0.25, -0.2) is 9.97 Å². The van der Waals surface area contributed by atoms with Crippen LogP contribution < -0.4 is 5.32 Å². The maximum atomic E-state index is 12.5. The zero-order chi connectivity index (χ0) is 16.7. The van der Waals surface area contributed by atoms with E-state index in [1.54, 1.807) is 30.7 Å². The molecule has 0 saturated heterocycles. The van der Waals surface area contributed by atoms with E-state index in [9.17, 15) is 4.79 Å². The Balaban J connectivity index is 1.74. The molecule has 1 amide bonds. The lowest BCUT2D eigenvalue weighted by Crippen LogP contribution is -2.28. The van der Waals surface area contributed by atoms with Crippen LogP contribution in [0.3, 0.4) is 0 Å². The highest BCUT2D eigenvalue weighted by Crippen LogP contribution is 2.39. The number of nitrogens with zero attached hydrogens (tertiary/aromatic N) is 3. The summed E-state index contributed by atoms with van der Waals surface area (Å²) in [6, 6.07) is 5.44. The van der Waals surface area contributed by atoms with E-state index >= 15 is 0 Å². The van der Waals surface area contributed by atoms with Crippen LogP contribution in [-0.2, 0) is 4.79 Å². The third-order valence-electron chi connectivity index (χ3n) is 4.29. The van der Waals surface area contributed by atoms with Gasteiger partial charge in [0.25, 0.3) is 0 Å². The number of carbonyl (C=O) groups excluding carboxylic acids is 1. The minimum atomic E-state index is -0.268. The second-order valence-electron chi connectivity index (χ2n) is 6.15. The second-order valence-corrected chi connectivity index (χ2v) is 6.15. The van der Waals surface area contributed by atoms with E-state index in [0.717, 1.165) is 31.4 Å². The first-order valence-electron chi connectivity index (χ1n) is 8.25. The number of rotatable bonds is 3. The fourth-order valence-electron chi connectivity index (χ4n) is 3.08. The third-order valence-corrected chi connectivity index (χ3v) is 4.29. The Bertz CT molecular complexity index is 728. The van der Waals surface area contributed by atoms with Crippen LogP contribution in [0.15, 0.2) is 43.1 Å². The summed E-state index contributed by atoms with van der Waals surface area (Å²) in [5.41, 5.74) is 1.15. The van der Waals surface area contributed by atoms with Crippen molar-refractivity contribution in [3.8, 4) is 11.8 Å². The van der Waals surface area contributed by atoms with Gasteiger partial charge in [0.1, 0.15) is 12.0 Å². The Morgan fingerprint density at radius 1 is 1.17 bits per heavy atom. The molecule has 0 atom stereocenters. The van der Waals surface area contributed by atoms with Crippen molar-refractivity contribution in [1.82, 2.24) is 15.0 Å². The normalized spacial score (nSPS) is 15.8. The molecular formula is C19H20N4O. The molecule has 0 spiro atoms.